The minimum absolute atomic E-state index is 0.449. The minimum atomic E-state index is 0.449. The number of nitrogens with two attached hydrogens (primary N) is 1. The Morgan fingerprint density at radius 2 is 1.78 bits per heavy atom. The van der Waals surface area contributed by atoms with Gasteiger partial charge in [0, 0.05) is 24.2 Å². The zero-order valence-electron chi connectivity index (χ0n) is 11.8. The van der Waals surface area contributed by atoms with Crippen molar-refractivity contribution in [3.05, 3.63) is 0 Å². The van der Waals surface area contributed by atoms with Crippen LogP contribution in [0.1, 0.15) is 51.4 Å². The average molecular weight is 251 g/mol. The van der Waals surface area contributed by atoms with Crippen LogP contribution < -0.4 is 11.1 Å². The summed E-state index contributed by atoms with van der Waals surface area (Å²) in [6.07, 6.45) is 10.8. The van der Waals surface area contributed by atoms with Crippen LogP contribution >= 0.6 is 0 Å². The Balaban J connectivity index is 1.44. The van der Waals surface area contributed by atoms with Gasteiger partial charge in [0.25, 0.3) is 0 Å². The number of rotatable bonds is 3. The molecule has 0 aromatic rings. The third kappa shape index (κ3) is 2.73. The molecule has 104 valence electrons. The number of nitrogens with one attached hydrogen (secondary N) is 1. The van der Waals surface area contributed by atoms with Crippen molar-refractivity contribution in [3.8, 4) is 0 Å². The Hall–Kier alpha value is -0.120. The number of nitrogens with zero attached hydrogens (tertiary/aromatic N) is 1. The summed E-state index contributed by atoms with van der Waals surface area (Å²) >= 11 is 0. The van der Waals surface area contributed by atoms with Crippen molar-refractivity contribution in [2.45, 2.75) is 75.5 Å². The second-order valence-corrected chi connectivity index (χ2v) is 6.92. The SMILES string of the molecule is CN1C2CCC1CC(CNC1CCCC(N)C1)C2. The van der Waals surface area contributed by atoms with Gasteiger partial charge in [-0.3, -0.25) is 0 Å². The normalized spacial score (nSPS) is 45.3. The van der Waals surface area contributed by atoms with E-state index in [1.54, 1.807) is 0 Å². The molecule has 3 aliphatic rings. The van der Waals surface area contributed by atoms with Crippen molar-refractivity contribution in [1.29, 1.82) is 0 Å². The molecular formula is C15H29N3. The first-order valence-electron chi connectivity index (χ1n) is 7.93. The first-order valence-corrected chi connectivity index (χ1v) is 7.93. The lowest BCUT2D eigenvalue weighted by Gasteiger charge is -2.37. The van der Waals surface area contributed by atoms with Crippen LogP contribution in [-0.2, 0) is 0 Å². The molecule has 2 bridgehead atoms. The molecule has 2 heterocycles. The highest BCUT2D eigenvalue weighted by Gasteiger charge is 2.38. The lowest BCUT2D eigenvalue weighted by molar-refractivity contribution is 0.129. The molecule has 0 aromatic carbocycles. The van der Waals surface area contributed by atoms with Gasteiger partial charge in [0.05, 0.1) is 0 Å². The van der Waals surface area contributed by atoms with Crippen molar-refractivity contribution in [2.24, 2.45) is 11.7 Å². The van der Waals surface area contributed by atoms with Gasteiger partial charge in [-0.2, -0.15) is 0 Å². The van der Waals surface area contributed by atoms with Gasteiger partial charge in [0.15, 0.2) is 0 Å². The molecule has 4 atom stereocenters. The summed E-state index contributed by atoms with van der Waals surface area (Å²) in [7, 11) is 2.33. The summed E-state index contributed by atoms with van der Waals surface area (Å²) < 4.78 is 0. The lowest BCUT2D eigenvalue weighted by atomic mass is 9.88. The van der Waals surface area contributed by atoms with Crippen molar-refractivity contribution >= 4 is 0 Å². The molecular weight excluding hydrogens is 222 g/mol. The maximum atomic E-state index is 6.06. The van der Waals surface area contributed by atoms with E-state index in [1.807, 2.05) is 0 Å². The van der Waals surface area contributed by atoms with E-state index in [-0.39, 0.29) is 0 Å². The van der Waals surface area contributed by atoms with E-state index in [2.05, 4.69) is 17.3 Å². The molecule has 0 spiro atoms. The fourth-order valence-electron chi connectivity index (χ4n) is 4.44. The van der Waals surface area contributed by atoms with Gasteiger partial charge in [-0.15, -0.1) is 0 Å². The summed E-state index contributed by atoms with van der Waals surface area (Å²) in [5.41, 5.74) is 6.06. The van der Waals surface area contributed by atoms with Crippen LogP contribution in [0, 0.1) is 5.92 Å². The zero-order valence-corrected chi connectivity index (χ0v) is 11.8. The quantitative estimate of drug-likeness (QED) is 0.802. The highest BCUT2D eigenvalue weighted by molar-refractivity contribution is 4.94. The Kier molecular flexibility index (Phi) is 3.92. The standard InChI is InChI=1S/C15H29N3/c1-18-14-5-6-15(18)8-11(7-14)10-17-13-4-2-3-12(16)9-13/h11-15,17H,2-10,16H2,1H3. The molecule has 3 rings (SSSR count). The predicted molar refractivity (Wildman–Crippen MR) is 75.5 cm³/mol. The van der Waals surface area contributed by atoms with Crippen LogP contribution in [0.5, 0.6) is 0 Å². The number of piperidine rings is 1. The van der Waals surface area contributed by atoms with Crippen LogP contribution in [0.3, 0.4) is 0 Å². The summed E-state index contributed by atoms with van der Waals surface area (Å²) in [4.78, 5) is 2.63. The fraction of sp³-hybridized carbons (Fsp3) is 1.00. The molecule has 4 unspecified atom stereocenters. The van der Waals surface area contributed by atoms with Gasteiger partial charge in [0.2, 0.25) is 0 Å². The molecule has 2 saturated heterocycles. The fourth-order valence-corrected chi connectivity index (χ4v) is 4.44. The van der Waals surface area contributed by atoms with E-state index in [0.717, 1.165) is 18.0 Å². The van der Waals surface area contributed by atoms with E-state index in [9.17, 15) is 0 Å². The molecule has 0 aromatic heterocycles. The van der Waals surface area contributed by atoms with Crippen LogP contribution in [0.15, 0.2) is 0 Å². The van der Waals surface area contributed by atoms with Gasteiger partial charge in [-0.1, -0.05) is 6.42 Å². The second kappa shape index (κ2) is 5.48. The summed E-state index contributed by atoms with van der Waals surface area (Å²) in [5, 5.41) is 3.81. The van der Waals surface area contributed by atoms with Gasteiger partial charge >= 0.3 is 0 Å². The summed E-state index contributed by atoms with van der Waals surface area (Å²) in [6, 6.07) is 2.91. The van der Waals surface area contributed by atoms with E-state index < -0.39 is 0 Å². The molecule has 1 aliphatic carbocycles. The molecule has 3 nitrogen and oxygen atoms in total. The van der Waals surface area contributed by atoms with Crippen molar-refractivity contribution in [2.75, 3.05) is 13.6 Å². The van der Waals surface area contributed by atoms with Crippen molar-refractivity contribution in [1.82, 2.24) is 10.2 Å². The Morgan fingerprint density at radius 1 is 1.06 bits per heavy atom. The van der Waals surface area contributed by atoms with Gasteiger partial charge < -0.3 is 16.0 Å². The monoisotopic (exact) mass is 251 g/mol. The number of fused-ring (bicyclic) bond motifs is 2. The van der Waals surface area contributed by atoms with E-state index in [0.29, 0.717) is 12.1 Å². The third-order valence-electron chi connectivity index (χ3n) is 5.61. The lowest BCUT2D eigenvalue weighted by Crippen LogP contribution is -2.45. The Bertz CT molecular complexity index is 267. The maximum absolute atomic E-state index is 6.06. The Morgan fingerprint density at radius 3 is 2.44 bits per heavy atom. The first kappa shape index (κ1) is 12.9. The molecule has 1 saturated carbocycles. The van der Waals surface area contributed by atoms with E-state index in [4.69, 9.17) is 5.73 Å². The van der Waals surface area contributed by atoms with Crippen LogP contribution in [0.2, 0.25) is 0 Å². The molecule has 0 radical (unpaired) electrons. The van der Waals surface area contributed by atoms with Gasteiger partial charge in [0.1, 0.15) is 0 Å². The average Bonchev–Trinajstić information content (AvgIpc) is 2.60. The van der Waals surface area contributed by atoms with E-state index >= 15 is 0 Å². The molecule has 3 fully saturated rings. The van der Waals surface area contributed by atoms with Crippen molar-refractivity contribution in [3.63, 3.8) is 0 Å². The Labute approximate surface area is 111 Å². The second-order valence-electron chi connectivity index (χ2n) is 6.92. The molecule has 18 heavy (non-hydrogen) atoms. The molecule has 3 heteroatoms. The first-order chi connectivity index (χ1) is 8.72. The van der Waals surface area contributed by atoms with Gasteiger partial charge in [-0.05, 0) is 64.5 Å². The maximum Gasteiger partial charge on any atom is 0.00988 e. The molecule has 2 aliphatic heterocycles. The van der Waals surface area contributed by atoms with Gasteiger partial charge in [-0.25, -0.2) is 0 Å². The molecule has 3 N–H and O–H groups in total. The summed E-state index contributed by atoms with van der Waals surface area (Å²) in [6.45, 7) is 1.23. The van der Waals surface area contributed by atoms with Crippen molar-refractivity contribution < 1.29 is 0 Å². The number of hydrogen-bond acceptors (Lipinski definition) is 3. The zero-order chi connectivity index (χ0) is 12.5. The van der Waals surface area contributed by atoms with Crippen LogP contribution in [0.4, 0.5) is 0 Å². The third-order valence-corrected chi connectivity index (χ3v) is 5.61. The predicted octanol–water partition coefficient (Wildman–Crippen LogP) is 1.72. The largest absolute Gasteiger partial charge is 0.328 e. The number of hydrogen-bond donors (Lipinski definition) is 2. The van der Waals surface area contributed by atoms with E-state index in [1.165, 1.54) is 57.9 Å². The highest BCUT2D eigenvalue weighted by atomic mass is 15.2. The highest BCUT2D eigenvalue weighted by Crippen LogP contribution is 2.37. The minimum Gasteiger partial charge on any atom is -0.328 e. The summed E-state index contributed by atoms with van der Waals surface area (Å²) in [5.74, 6) is 0.914. The van der Waals surface area contributed by atoms with Crippen LogP contribution in [-0.4, -0.2) is 42.7 Å². The topological polar surface area (TPSA) is 41.3 Å². The van der Waals surface area contributed by atoms with Crippen LogP contribution in [0.25, 0.3) is 0 Å². The smallest absolute Gasteiger partial charge is 0.00988 e. The molecule has 0 amide bonds.